The molecular formula is C19H27N3O. The lowest BCUT2D eigenvalue weighted by Gasteiger charge is -2.27. The predicted molar refractivity (Wildman–Crippen MR) is 92.7 cm³/mol. The van der Waals surface area contributed by atoms with E-state index in [1.54, 1.807) is 0 Å². The first-order chi connectivity index (χ1) is 11.1. The number of aliphatic hydroxyl groups is 1. The van der Waals surface area contributed by atoms with E-state index in [0.717, 1.165) is 37.3 Å². The van der Waals surface area contributed by atoms with E-state index in [4.69, 9.17) is 0 Å². The molecule has 0 spiro atoms. The molecule has 4 nitrogen and oxygen atoms in total. The van der Waals surface area contributed by atoms with Gasteiger partial charge in [0.2, 0.25) is 0 Å². The zero-order valence-electron chi connectivity index (χ0n) is 14.1. The summed E-state index contributed by atoms with van der Waals surface area (Å²) in [5.41, 5.74) is 2.44. The second-order valence-corrected chi connectivity index (χ2v) is 6.75. The number of aliphatic hydroxyl groups excluding tert-OH is 1. The Morgan fingerprint density at radius 2 is 2.09 bits per heavy atom. The van der Waals surface area contributed by atoms with Crippen molar-refractivity contribution in [1.82, 2.24) is 14.9 Å². The molecule has 4 heteroatoms. The average Bonchev–Trinajstić information content (AvgIpc) is 2.99. The molecule has 3 rings (SSSR count). The molecule has 1 aromatic heterocycles. The number of aryl methyl sites for hydroxylation is 1. The van der Waals surface area contributed by atoms with Gasteiger partial charge in [-0.2, -0.15) is 0 Å². The molecule has 0 radical (unpaired) electrons. The van der Waals surface area contributed by atoms with Gasteiger partial charge in [0.05, 0.1) is 6.10 Å². The van der Waals surface area contributed by atoms with Crippen LogP contribution in [0.1, 0.15) is 50.0 Å². The summed E-state index contributed by atoms with van der Waals surface area (Å²) < 4.78 is 2.09. The molecule has 0 aliphatic heterocycles. The fourth-order valence-electron chi connectivity index (χ4n) is 3.48. The van der Waals surface area contributed by atoms with Crippen LogP contribution in [0.2, 0.25) is 0 Å². The molecule has 1 aliphatic carbocycles. The summed E-state index contributed by atoms with van der Waals surface area (Å²) in [6.45, 7) is 5.20. The summed E-state index contributed by atoms with van der Waals surface area (Å²) >= 11 is 0. The number of nitrogens with zero attached hydrogens (tertiary/aromatic N) is 2. The standard InChI is InChI=1S/C19H27N3O/c1-14(21-13-16-4-3-5-19(23)12-16)17-6-8-18(9-7-17)22-11-10-20-15(22)2/h6-11,14,16,19,21,23H,3-5,12-13H2,1-2H3. The van der Waals surface area contributed by atoms with Crippen molar-refractivity contribution in [2.75, 3.05) is 6.54 Å². The highest BCUT2D eigenvalue weighted by atomic mass is 16.3. The van der Waals surface area contributed by atoms with Gasteiger partial charge >= 0.3 is 0 Å². The maximum atomic E-state index is 9.77. The van der Waals surface area contributed by atoms with Crippen LogP contribution in [0.15, 0.2) is 36.7 Å². The van der Waals surface area contributed by atoms with Crippen molar-refractivity contribution in [3.63, 3.8) is 0 Å². The predicted octanol–water partition coefficient (Wildman–Crippen LogP) is 3.38. The highest BCUT2D eigenvalue weighted by Gasteiger charge is 2.20. The Balaban J connectivity index is 1.57. The van der Waals surface area contributed by atoms with Crippen molar-refractivity contribution in [3.05, 3.63) is 48.0 Å². The lowest BCUT2D eigenvalue weighted by molar-refractivity contribution is 0.0998. The number of hydrogen-bond donors (Lipinski definition) is 2. The highest BCUT2D eigenvalue weighted by molar-refractivity contribution is 5.36. The second kappa shape index (κ2) is 7.28. The van der Waals surface area contributed by atoms with Gasteiger partial charge < -0.3 is 15.0 Å². The third-order valence-corrected chi connectivity index (χ3v) is 4.96. The topological polar surface area (TPSA) is 50.1 Å². The molecule has 1 fully saturated rings. The van der Waals surface area contributed by atoms with E-state index >= 15 is 0 Å². The minimum absolute atomic E-state index is 0.0939. The summed E-state index contributed by atoms with van der Waals surface area (Å²) in [7, 11) is 0. The first-order valence-electron chi connectivity index (χ1n) is 8.65. The molecule has 23 heavy (non-hydrogen) atoms. The number of imidazole rings is 1. The number of nitrogens with one attached hydrogen (secondary N) is 1. The van der Waals surface area contributed by atoms with Crippen LogP contribution < -0.4 is 5.32 Å². The van der Waals surface area contributed by atoms with Gasteiger partial charge in [-0.3, -0.25) is 0 Å². The van der Waals surface area contributed by atoms with E-state index in [-0.39, 0.29) is 6.10 Å². The minimum Gasteiger partial charge on any atom is -0.393 e. The quantitative estimate of drug-likeness (QED) is 0.889. The Morgan fingerprint density at radius 3 is 2.74 bits per heavy atom. The Hall–Kier alpha value is -1.65. The molecule has 0 bridgehead atoms. The van der Waals surface area contributed by atoms with Gasteiger partial charge in [-0.05, 0) is 63.3 Å². The second-order valence-electron chi connectivity index (χ2n) is 6.75. The van der Waals surface area contributed by atoms with Crippen LogP contribution in [0.3, 0.4) is 0 Å². The first-order valence-corrected chi connectivity index (χ1v) is 8.65. The van der Waals surface area contributed by atoms with E-state index < -0.39 is 0 Å². The molecule has 2 aromatic rings. The summed E-state index contributed by atoms with van der Waals surface area (Å²) in [4.78, 5) is 4.27. The van der Waals surface area contributed by atoms with E-state index in [1.807, 2.05) is 19.3 Å². The Kier molecular flexibility index (Phi) is 5.13. The van der Waals surface area contributed by atoms with Crippen LogP contribution in [0, 0.1) is 12.8 Å². The van der Waals surface area contributed by atoms with E-state index in [2.05, 4.69) is 46.1 Å². The van der Waals surface area contributed by atoms with Crippen LogP contribution in [0.5, 0.6) is 0 Å². The Morgan fingerprint density at radius 1 is 1.30 bits per heavy atom. The fourth-order valence-corrected chi connectivity index (χ4v) is 3.48. The largest absolute Gasteiger partial charge is 0.393 e. The Bertz CT molecular complexity index is 620. The van der Waals surface area contributed by atoms with Crippen LogP contribution in [0.25, 0.3) is 5.69 Å². The smallest absolute Gasteiger partial charge is 0.110 e. The number of benzene rings is 1. The van der Waals surface area contributed by atoms with E-state index in [9.17, 15) is 5.11 Å². The third-order valence-electron chi connectivity index (χ3n) is 4.96. The number of hydrogen-bond acceptors (Lipinski definition) is 3. The maximum Gasteiger partial charge on any atom is 0.110 e. The molecule has 3 unspecified atom stereocenters. The van der Waals surface area contributed by atoms with Crippen molar-refractivity contribution in [3.8, 4) is 5.69 Å². The van der Waals surface area contributed by atoms with Crippen LogP contribution in [-0.2, 0) is 0 Å². The van der Waals surface area contributed by atoms with Crippen LogP contribution in [-0.4, -0.2) is 27.3 Å². The Labute approximate surface area is 138 Å². The molecule has 1 saturated carbocycles. The summed E-state index contributed by atoms with van der Waals surface area (Å²) in [6, 6.07) is 8.98. The number of rotatable bonds is 5. The van der Waals surface area contributed by atoms with Crippen LogP contribution >= 0.6 is 0 Å². The van der Waals surface area contributed by atoms with Crippen molar-refractivity contribution < 1.29 is 5.11 Å². The lowest BCUT2D eigenvalue weighted by atomic mass is 9.87. The third kappa shape index (κ3) is 4.01. The van der Waals surface area contributed by atoms with Gasteiger partial charge in [-0.1, -0.05) is 18.6 Å². The minimum atomic E-state index is -0.0939. The van der Waals surface area contributed by atoms with Gasteiger partial charge in [0, 0.05) is 24.1 Å². The molecule has 2 N–H and O–H groups in total. The van der Waals surface area contributed by atoms with Gasteiger partial charge in [0.15, 0.2) is 0 Å². The van der Waals surface area contributed by atoms with Gasteiger partial charge in [0.25, 0.3) is 0 Å². The number of aromatic nitrogens is 2. The van der Waals surface area contributed by atoms with Gasteiger partial charge in [0.1, 0.15) is 5.82 Å². The molecular weight excluding hydrogens is 286 g/mol. The zero-order valence-corrected chi connectivity index (χ0v) is 14.1. The fraction of sp³-hybridized carbons (Fsp3) is 0.526. The summed E-state index contributed by atoms with van der Waals surface area (Å²) in [5, 5.41) is 13.4. The maximum absolute atomic E-state index is 9.77. The molecule has 124 valence electrons. The molecule has 3 atom stereocenters. The van der Waals surface area contributed by atoms with E-state index in [0.29, 0.717) is 12.0 Å². The van der Waals surface area contributed by atoms with Gasteiger partial charge in [-0.15, -0.1) is 0 Å². The van der Waals surface area contributed by atoms with Crippen molar-refractivity contribution in [1.29, 1.82) is 0 Å². The average molecular weight is 313 g/mol. The SMILES string of the molecule is Cc1nccn1-c1ccc(C(C)NCC2CCCC(O)C2)cc1. The summed E-state index contributed by atoms with van der Waals surface area (Å²) in [5.74, 6) is 1.61. The molecule has 1 heterocycles. The summed E-state index contributed by atoms with van der Waals surface area (Å²) in [6.07, 6.45) is 8.02. The highest BCUT2D eigenvalue weighted by Crippen LogP contribution is 2.24. The normalized spacial score (nSPS) is 22.9. The molecule has 0 amide bonds. The lowest BCUT2D eigenvalue weighted by Crippen LogP contribution is -2.30. The van der Waals surface area contributed by atoms with Gasteiger partial charge in [-0.25, -0.2) is 4.98 Å². The molecule has 1 aromatic carbocycles. The molecule has 1 aliphatic rings. The van der Waals surface area contributed by atoms with Crippen molar-refractivity contribution in [2.24, 2.45) is 5.92 Å². The van der Waals surface area contributed by atoms with Crippen molar-refractivity contribution >= 4 is 0 Å². The zero-order chi connectivity index (χ0) is 16.2. The van der Waals surface area contributed by atoms with Crippen LogP contribution in [0.4, 0.5) is 0 Å². The monoisotopic (exact) mass is 313 g/mol. The van der Waals surface area contributed by atoms with Crippen molar-refractivity contribution in [2.45, 2.75) is 51.7 Å². The molecule has 0 saturated heterocycles. The first kappa shape index (κ1) is 16.2. The van der Waals surface area contributed by atoms with E-state index in [1.165, 1.54) is 12.0 Å².